The van der Waals surface area contributed by atoms with Crippen LogP contribution >= 0.6 is 11.3 Å². The maximum absolute atomic E-state index is 12.5. The topological polar surface area (TPSA) is 67.3 Å². The van der Waals surface area contributed by atoms with E-state index in [9.17, 15) is 13.2 Å². The number of carbonyl (C=O) groups excluding carboxylic acids is 1. The van der Waals surface area contributed by atoms with E-state index in [4.69, 9.17) is 0 Å². The lowest BCUT2D eigenvalue weighted by molar-refractivity contribution is -0.118. The number of sulfonamides is 1. The first-order chi connectivity index (χ1) is 11.4. The van der Waals surface area contributed by atoms with Crippen LogP contribution < -0.4 is 0 Å². The molecular formula is C17H22N2O3S2. The highest BCUT2D eigenvalue weighted by atomic mass is 32.2. The number of nitrogens with zero attached hydrogens (tertiary/aromatic N) is 2. The van der Waals surface area contributed by atoms with Crippen molar-refractivity contribution in [2.24, 2.45) is 0 Å². The molecule has 1 heterocycles. The lowest BCUT2D eigenvalue weighted by Gasteiger charge is -2.18. The first-order valence-electron chi connectivity index (χ1n) is 7.99. The van der Waals surface area contributed by atoms with Crippen LogP contribution in [0.4, 0.5) is 0 Å². The van der Waals surface area contributed by atoms with E-state index in [1.54, 1.807) is 24.3 Å². The Labute approximate surface area is 147 Å². The van der Waals surface area contributed by atoms with Crippen molar-refractivity contribution >= 4 is 27.1 Å². The smallest absolute Gasteiger partial charge is 0.243 e. The fourth-order valence-electron chi connectivity index (χ4n) is 2.33. The number of rotatable bonds is 8. The second-order valence-electron chi connectivity index (χ2n) is 5.31. The van der Waals surface area contributed by atoms with E-state index in [1.807, 2.05) is 26.2 Å². The van der Waals surface area contributed by atoms with Gasteiger partial charge in [-0.25, -0.2) is 13.4 Å². The van der Waals surface area contributed by atoms with Gasteiger partial charge < -0.3 is 0 Å². The van der Waals surface area contributed by atoms with Gasteiger partial charge in [0.2, 0.25) is 10.0 Å². The van der Waals surface area contributed by atoms with Gasteiger partial charge in [0.25, 0.3) is 0 Å². The zero-order valence-electron chi connectivity index (χ0n) is 14.2. The van der Waals surface area contributed by atoms with Gasteiger partial charge in [0, 0.05) is 30.5 Å². The maximum Gasteiger partial charge on any atom is 0.243 e. The van der Waals surface area contributed by atoms with Gasteiger partial charge in [-0.15, -0.1) is 11.3 Å². The summed E-state index contributed by atoms with van der Waals surface area (Å²) in [7, 11) is -3.44. The third-order valence-electron chi connectivity index (χ3n) is 3.79. The van der Waals surface area contributed by atoms with Crippen molar-refractivity contribution in [3.63, 3.8) is 0 Å². The van der Waals surface area contributed by atoms with Gasteiger partial charge >= 0.3 is 0 Å². The summed E-state index contributed by atoms with van der Waals surface area (Å²) in [6, 6.07) is 6.74. The minimum atomic E-state index is -3.44. The Bertz CT molecular complexity index is 791. The van der Waals surface area contributed by atoms with E-state index in [2.05, 4.69) is 4.98 Å². The molecule has 0 N–H and O–H groups in total. The third-order valence-corrected chi connectivity index (χ3v) is 6.70. The van der Waals surface area contributed by atoms with Crippen LogP contribution in [0.3, 0.4) is 0 Å². The van der Waals surface area contributed by atoms with Crippen LogP contribution in [-0.2, 0) is 21.2 Å². The molecule has 0 spiro atoms. The van der Waals surface area contributed by atoms with Gasteiger partial charge in [-0.1, -0.05) is 32.9 Å². The zero-order chi connectivity index (χ0) is 17.7. The van der Waals surface area contributed by atoms with Crippen LogP contribution in [0.5, 0.6) is 0 Å². The normalized spacial score (nSPS) is 11.8. The highest BCUT2D eigenvalue weighted by Gasteiger charge is 2.21. The third kappa shape index (κ3) is 4.09. The summed E-state index contributed by atoms with van der Waals surface area (Å²) >= 11 is 1.45. The molecule has 0 amide bonds. The average Bonchev–Trinajstić information content (AvgIpc) is 3.04. The lowest BCUT2D eigenvalue weighted by atomic mass is 10.2. The Morgan fingerprint density at radius 1 is 1.12 bits per heavy atom. The largest absolute Gasteiger partial charge is 0.299 e. The molecule has 0 atom stereocenters. The summed E-state index contributed by atoms with van der Waals surface area (Å²) in [5, 5.41) is 2.68. The Balaban J connectivity index is 2.22. The Hall–Kier alpha value is -1.57. The molecule has 0 fully saturated rings. The molecule has 2 aromatic rings. The van der Waals surface area contributed by atoms with E-state index >= 15 is 0 Å². The quantitative estimate of drug-likeness (QED) is 0.718. The van der Waals surface area contributed by atoms with Gasteiger partial charge in [-0.05, 0) is 12.1 Å². The van der Waals surface area contributed by atoms with E-state index in [0.29, 0.717) is 25.9 Å². The number of hydrogen-bond donors (Lipinski definition) is 0. The van der Waals surface area contributed by atoms with E-state index in [0.717, 1.165) is 16.3 Å². The van der Waals surface area contributed by atoms with Crippen LogP contribution in [0, 0.1) is 0 Å². The molecule has 2 rings (SSSR count). The SMILES string of the molecule is CCC(=O)Cc1nc(-c2ccc(S(=O)(=O)N(CC)CC)cc2)cs1. The molecule has 1 aromatic heterocycles. The number of benzene rings is 1. The van der Waals surface area contributed by atoms with Gasteiger partial charge in [-0.2, -0.15) is 4.31 Å². The van der Waals surface area contributed by atoms with Crippen LogP contribution in [0.15, 0.2) is 34.5 Å². The minimum absolute atomic E-state index is 0.163. The number of hydrogen-bond acceptors (Lipinski definition) is 5. The van der Waals surface area contributed by atoms with Crippen LogP contribution in [0.2, 0.25) is 0 Å². The predicted molar refractivity (Wildman–Crippen MR) is 96.7 cm³/mol. The Morgan fingerprint density at radius 2 is 1.75 bits per heavy atom. The first-order valence-corrected chi connectivity index (χ1v) is 10.3. The van der Waals surface area contributed by atoms with Crippen LogP contribution in [0.1, 0.15) is 32.2 Å². The van der Waals surface area contributed by atoms with Crippen molar-refractivity contribution in [2.45, 2.75) is 38.5 Å². The maximum atomic E-state index is 12.5. The summed E-state index contributed by atoms with van der Waals surface area (Å²) in [5.41, 5.74) is 1.62. The van der Waals surface area contributed by atoms with E-state index in [1.165, 1.54) is 15.6 Å². The highest BCUT2D eigenvalue weighted by molar-refractivity contribution is 7.89. The summed E-state index contributed by atoms with van der Waals surface area (Å²) in [6.45, 7) is 6.38. The highest BCUT2D eigenvalue weighted by Crippen LogP contribution is 2.25. The molecule has 0 aliphatic heterocycles. The van der Waals surface area contributed by atoms with Crippen molar-refractivity contribution in [3.8, 4) is 11.3 Å². The number of ketones is 1. The summed E-state index contributed by atoms with van der Waals surface area (Å²) in [5.74, 6) is 0.163. The fourth-order valence-corrected chi connectivity index (χ4v) is 4.62. The average molecular weight is 367 g/mol. The molecule has 7 heteroatoms. The summed E-state index contributed by atoms with van der Waals surface area (Å²) < 4.78 is 26.4. The predicted octanol–water partition coefficient (Wildman–Crippen LogP) is 3.36. The van der Waals surface area contributed by atoms with Crippen molar-refractivity contribution in [2.75, 3.05) is 13.1 Å². The number of Topliss-reactive ketones (excluding diaryl/α,β-unsaturated/α-hetero) is 1. The monoisotopic (exact) mass is 366 g/mol. The zero-order valence-corrected chi connectivity index (χ0v) is 15.8. The van der Waals surface area contributed by atoms with Crippen LogP contribution in [0.25, 0.3) is 11.3 Å². The number of thiazole rings is 1. The minimum Gasteiger partial charge on any atom is -0.299 e. The van der Waals surface area contributed by atoms with Crippen molar-refractivity contribution < 1.29 is 13.2 Å². The van der Waals surface area contributed by atoms with Gasteiger partial charge in [0.1, 0.15) is 10.8 Å². The molecule has 0 aliphatic carbocycles. The Morgan fingerprint density at radius 3 is 2.29 bits per heavy atom. The second-order valence-corrected chi connectivity index (χ2v) is 8.19. The summed E-state index contributed by atoms with van der Waals surface area (Å²) in [4.78, 5) is 16.2. The molecule has 0 saturated carbocycles. The second kappa shape index (κ2) is 8.00. The molecule has 0 saturated heterocycles. The molecule has 130 valence electrons. The van der Waals surface area contributed by atoms with Crippen LogP contribution in [-0.4, -0.2) is 36.6 Å². The van der Waals surface area contributed by atoms with Crippen molar-refractivity contribution in [1.29, 1.82) is 0 Å². The lowest BCUT2D eigenvalue weighted by Crippen LogP contribution is -2.30. The molecule has 0 radical (unpaired) electrons. The molecule has 0 unspecified atom stereocenters. The standard InChI is InChI=1S/C17H22N2O3S2/c1-4-14(20)11-17-18-16(12-23-17)13-7-9-15(10-8-13)24(21,22)19(5-2)6-3/h7-10,12H,4-6,11H2,1-3H3. The van der Waals surface area contributed by atoms with E-state index in [-0.39, 0.29) is 10.7 Å². The fraction of sp³-hybridized carbons (Fsp3) is 0.412. The van der Waals surface area contributed by atoms with Gasteiger partial charge in [0.15, 0.2) is 0 Å². The molecule has 1 aromatic carbocycles. The molecule has 0 bridgehead atoms. The van der Waals surface area contributed by atoms with Gasteiger partial charge in [0.05, 0.1) is 17.0 Å². The van der Waals surface area contributed by atoms with Crippen molar-refractivity contribution in [1.82, 2.24) is 9.29 Å². The molecule has 24 heavy (non-hydrogen) atoms. The molecular weight excluding hydrogens is 344 g/mol. The van der Waals surface area contributed by atoms with Gasteiger partial charge in [-0.3, -0.25) is 4.79 Å². The molecule has 5 nitrogen and oxygen atoms in total. The molecule has 0 aliphatic rings. The number of aromatic nitrogens is 1. The van der Waals surface area contributed by atoms with E-state index < -0.39 is 10.0 Å². The first kappa shape index (κ1) is 18.8. The Kier molecular flexibility index (Phi) is 6.26. The summed E-state index contributed by atoms with van der Waals surface area (Å²) in [6.07, 6.45) is 0.864. The number of carbonyl (C=O) groups is 1. The van der Waals surface area contributed by atoms with Crippen molar-refractivity contribution in [3.05, 3.63) is 34.7 Å².